The van der Waals surface area contributed by atoms with Gasteiger partial charge in [0.2, 0.25) is 0 Å². The van der Waals surface area contributed by atoms with E-state index in [0.29, 0.717) is 45.9 Å². The Morgan fingerprint density at radius 3 is 2.83 bits per heavy atom. The predicted molar refractivity (Wildman–Crippen MR) is 129 cm³/mol. The second-order valence-corrected chi connectivity index (χ2v) is 8.27. The molecule has 0 radical (unpaired) electrons. The molecule has 1 aliphatic carbocycles. The van der Waals surface area contributed by atoms with Gasteiger partial charge in [0.15, 0.2) is 5.82 Å². The van der Waals surface area contributed by atoms with Gasteiger partial charge in [-0.1, -0.05) is 30.0 Å². The lowest BCUT2D eigenvalue weighted by atomic mass is 10.1. The Labute approximate surface area is 200 Å². The number of fused-ring (bicyclic) bond motifs is 1. The van der Waals surface area contributed by atoms with E-state index in [2.05, 4.69) is 37.3 Å². The molecular weight excluding hydrogens is 448 g/mol. The SMILES string of the molecule is CCC(Nc1ncnc(N)c1-c1nc(C)no1)c1nc2cccc(C#CCO)c2c(=O)n1C1CC1. The van der Waals surface area contributed by atoms with Gasteiger partial charge in [-0.25, -0.2) is 15.0 Å². The van der Waals surface area contributed by atoms with E-state index >= 15 is 0 Å². The first-order valence-corrected chi connectivity index (χ1v) is 11.3. The number of nitrogen functional groups attached to an aromatic ring is 1. The Kier molecular flexibility index (Phi) is 5.88. The largest absolute Gasteiger partial charge is 0.384 e. The number of nitrogens with one attached hydrogen (secondary N) is 1. The Hall–Kier alpha value is -4.30. The van der Waals surface area contributed by atoms with Gasteiger partial charge in [0.1, 0.15) is 36.0 Å². The number of aliphatic hydroxyl groups excluding tert-OH is 1. The zero-order valence-electron chi connectivity index (χ0n) is 19.3. The van der Waals surface area contributed by atoms with Gasteiger partial charge in [0, 0.05) is 11.6 Å². The van der Waals surface area contributed by atoms with Crippen molar-refractivity contribution in [2.45, 2.75) is 45.2 Å². The van der Waals surface area contributed by atoms with Crippen molar-refractivity contribution < 1.29 is 9.63 Å². The third-order valence-corrected chi connectivity index (χ3v) is 5.82. The Morgan fingerprint density at radius 1 is 1.31 bits per heavy atom. The molecule has 4 N–H and O–H groups in total. The van der Waals surface area contributed by atoms with Crippen LogP contribution in [0.1, 0.15) is 55.5 Å². The lowest BCUT2D eigenvalue weighted by molar-refractivity contribution is 0.350. The van der Waals surface area contributed by atoms with Crippen molar-refractivity contribution in [1.29, 1.82) is 0 Å². The molecule has 1 saturated carbocycles. The molecule has 1 aliphatic rings. The maximum atomic E-state index is 13.7. The number of anilines is 2. The standard InChI is InChI=1S/C24H24N8O3/c1-3-16(29-21-19(20(25)26-12-27-21)23-28-13(2)31-35-23)22-30-17-8-4-6-14(7-5-11-33)18(17)24(34)32(22)15-9-10-15/h4,6,8,12,15-16,33H,3,9-11H2,1-2H3,(H3,25,26,27,29). The van der Waals surface area contributed by atoms with Crippen molar-refractivity contribution in [3.05, 3.63) is 52.1 Å². The summed E-state index contributed by atoms with van der Waals surface area (Å²) in [4.78, 5) is 31.3. The number of nitrogens with zero attached hydrogens (tertiary/aromatic N) is 6. The molecule has 35 heavy (non-hydrogen) atoms. The Balaban J connectivity index is 1.65. The van der Waals surface area contributed by atoms with E-state index in [4.69, 9.17) is 20.3 Å². The van der Waals surface area contributed by atoms with E-state index in [-0.39, 0.29) is 36.0 Å². The van der Waals surface area contributed by atoms with Crippen molar-refractivity contribution in [2.24, 2.45) is 0 Å². The minimum Gasteiger partial charge on any atom is -0.384 e. The fourth-order valence-electron chi connectivity index (χ4n) is 4.06. The number of hydrogen-bond donors (Lipinski definition) is 3. The fraction of sp³-hybridized carbons (Fsp3) is 0.333. The van der Waals surface area contributed by atoms with Crippen LogP contribution >= 0.6 is 0 Å². The van der Waals surface area contributed by atoms with Crippen LogP contribution in [-0.2, 0) is 0 Å². The van der Waals surface area contributed by atoms with Gasteiger partial charge in [-0.05, 0) is 38.3 Å². The van der Waals surface area contributed by atoms with Crippen LogP contribution < -0.4 is 16.6 Å². The fourth-order valence-corrected chi connectivity index (χ4v) is 4.06. The summed E-state index contributed by atoms with van der Waals surface area (Å²) in [5.41, 5.74) is 7.48. The first kappa shape index (κ1) is 22.5. The van der Waals surface area contributed by atoms with E-state index in [0.717, 1.165) is 12.8 Å². The molecule has 0 amide bonds. The highest BCUT2D eigenvalue weighted by atomic mass is 16.5. The van der Waals surface area contributed by atoms with E-state index in [1.807, 2.05) is 6.92 Å². The van der Waals surface area contributed by atoms with Crippen LogP contribution in [0.2, 0.25) is 0 Å². The third kappa shape index (κ3) is 4.20. The predicted octanol–water partition coefficient (Wildman–Crippen LogP) is 2.37. The van der Waals surface area contributed by atoms with Crippen LogP contribution in [0.4, 0.5) is 11.6 Å². The summed E-state index contributed by atoms with van der Waals surface area (Å²) in [5.74, 6) is 7.38. The topological polar surface area (TPSA) is 158 Å². The summed E-state index contributed by atoms with van der Waals surface area (Å²) >= 11 is 0. The molecular formula is C24H24N8O3. The molecule has 178 valence electrons. The molecule has 0 spiro atoms. The van der Waals surface area contributed by atoms with E-state index in [9.17, 15) is 4.79 Å². The highest BCUT2D eigenvalue weighted by molar-refractivity contribution is 5.84. The summed E-state index contributed by atoms with van der Waals surface area (Å²) in [6.07, 6.45) is 3.76. The molecule has 1 unspecified atom stereocenters. The first-order valence-electron chi connectivity index (χ1n) is 11.3. The molecule has 4 aromatic rings. The van der Waals surface area contributed by atoms with Crippen molar-refractivity contribution >= 4 is 22.5 Å². The third-order valence-electron chi connectivity index (χ3n) is 5.82. The van der Waals surface area contributed by atoms with Gasteiger partial charge in [0.05, 0.1) is 16.9 Å². The van der Waals surface area contributed by atoms with Crippen LogP contribution in [0.25, 0.3) is 22.4 Å². The average Bonchev–Trinajstić information content (AvgIpc) is 3.60. The van der Waals surface area contributed by atoms with Gasteiger partial charge < -0.3 is 20.7 Å². The number of aryl methyl sites for hydroxylation is 1. The molecule has 0 bridgehead atoms. The molecule has 11 nitrogen and oxygen atoms in total. The van der Waals surface area contributed by atoms with E-state index in [1.165, 1.54) is 6.33 Å². The maximum Gasteiger partial charge on any atom is 0.265 e. The zero-order valence-corrected chi connectivity index (χ0v) is 19.3. The second kappa shape index (κ2) is 9.15. The number of benzene rings is 1. The van der Waals surface area contributed by atoms with E-state index < -0.39 is 0 Å². The van der Waals surface area contributed by atoms with Crippen LogP contribution in [0.3, 0.4) is 0 Å². The summed E-state index contributed by atoms with van der Waals surface area (Å²) in [6.45, 7) is 3.42. The number of aromatic nitrogens is 6. The Bertz CT molecular complexity index is 1530. The quantitative estimate of drug-likeness (QED) is 0.356. The van der Waals surface area contributed by atoms with Gasteiger partial charge >= 0.3 is 0 Å². The van der Waals surface area contributed by atoms with Gasteiger partial charge in [0.25, 0.3) is 11.4 Å². The highest BCUT2D eigenvalue weighted by Gasteiger charge is 2.32. The van der Waals surface area contributed by atoms with Crippen LogP contribution in [-0.4, -0.2) is 41.4 Å². The number of aliphatic hydroxyl groups is 1. The molecule has 3 aromatic heterocycles. The van der Waals surface area contributed by atoms with Crippen LogP contribution in [0.5, 0.6) is 0 Å². The van der Waals surface area contributed by atoms with Crippen molar-refractivity contribution in [3.63, 3.8) is 0 Å². The molecule has 11 heteroatoms. The molecule has 1 atom stereocenters. The summed E-state index contributed by atoms with van der Waals surface area (Å²) < 4.78 is 7.08. The normalized spacial score (nSPS) is 13.9. The minimum atomic E-state index is -0.364. The second-order valence-electron chi connectivity index (χ2n) is 8.27. The van der Waals surface area contributed by atoms with Gasteiger partial charge in [-0.3, -0.25) is 9.36 Å². The molecule has 5 rings (SSSR count). The Morgan fingerprint density at radius 2 is 2.14 bits per heavy atom. The molecule has 3 heterocycles. The van der Waals surface area contributed by atoms with Crippen LogP contribution in [0, 0.1) is 18.8 Å². The van der Waals surface area contributed by atoms with Crippen molar-refractivity contribution in [2.75, 3.05) is 17.7 Å². The van der Waals surface area contributed by atoms with E-state index in [1.54, 1.807) is 29.7 Å². The number of rotatable bonds is 6. The lowest BCUT2D eigenvalue weighted by Crippen LogP contribution is -2.29. The number of hydrogen-bond acceptors (Lipinski definition) is 10. The lowest BCUT2D eigenvalue weighted by Gasteiger charge is -2.23. The minimum absolute atomic E-state index is 0.0673. The monoisotopic (exact) mass is 472 g/mol. The summed E-state index contributed by atoms with van der Waals surface area (Å²) in [5, 5.41) is 16.8. The van der Waals surface area contributed by atoms with Gasteiger partial charge in [-0.15, -0.1) is 0 Å². The maximum absolute atomic E-state index is 13.7. The first-order chi connectivity index (χ1) is 17.0. The smallest absolute Gasteiger partial charge is 0.265 e. The summed E-state index contributed by atoms with van der Waals surface area (Å²) in [7, 11) is 0. The molecule has 1 aromatic carbocycles. The molecule has 0 aliphatic heterocycles. The van der Waals surface area contributed by atoms with Crippen molar-refractivity contribution in [1.82, 2.24) is 29.7 Å². The van der Waals surface area contributed by atoms with Crippen molar-refractivity contribution in [3.8, 4) is 23.3 Å². The highest BCUT2D eigenvalue weighted by Crippen LogP contribution is 2.38. The van der Waals surface area contributed by atoms with Gasteiger partial charge in [-0.2, -0.15) is 4.98 Å². The molecule has 0 saturated heterocycles. The zero-order chi connectivity index (χ0) is 24.5. The average molecular weight is 473 g/mol. The molecule has 1 fully saturated rings. The van der Waals surface area contributed by atoms with Crippen LogP contribution in [0.15, 0.2) is 33.8 Å². The summed E-state index contributed by atoms with van der Waals surface area (Å²) in [6, 6.07) is 5.07. The number of nitrogens with two attached hydrogens (primary N) is 1.